The van der Waals surface area contributed by atoms with E-state index in [1.807, 2.05) is 24.3 Å². The zero-order chi connectivity index (χ0) is 9.71. The fourth-order valence-corrected chi connectivity index (χ4v) is 2.20. The van der Waals surface area contributed by atoms with Crippen molar-refractivity contribution in [2.45, 2.75) is 12.3 Å². The molecule has 2 aromatic rings. The molecule has 3 rings (SSSR count). The molecule has 0 amide bonds. The molecule has 0 heterocycles. The molecule has 0 saturated heterocycles. The van der Waals surface area contributed by atoms with Crippen molar-refractivity contribution in [3.05, 3.63) is 47.5 Å². The first-order chi connectivity index (χ1) is 6.79. The molecule has 0 spiro atoms. The van der Waals surface area contributed by atoms with Crippen LogP contribution in [0.1, 0.15) is 23.4 Å². The molecular formula is C12H9FO. The van der Waals surface area contributed by atoms with Gasteiger partial charge in [0.25, 0.3) is 0 Å². The average molecular weight is 188 g/mol. The van der Waals surface area contributed by atoms with E-state index in [2.05, 4.69) is 0 Å². The van der Waals surface area contributed by atoms with Crippen LogP contribution in [0.4, 0.5) is 4.39 Å². The van der Waals surface area contributed by atoms with Gasteiger partial charge in [0.1, 0.15) is 6.10 Å². The molecule has 0 fully saturated rings. The van der Waals surface area contributed by atoms with Crippen LogP contribution in [0, 0.1) is 0 Å². The highest BCUT2D eigenvalue weighted by Crippen LogP contribution is 2.45. The summed E-state index contributed by atoms with van der Waals surface area (Å²) in [6.45, 7) is 0. The minimum atomic E-state index is -1.27. The minimum absolute atomic E-state index is 0.616. The Labute approximate surface area is 80.8 Å². The van der Waals surface area contributed by atoms with E-state index in [9.17, 15) is 9.50 Å². The third-order valence-corrected chi connectivity index (χ3v) is 2.86. The van der Waals surface area contributed by atoms with Crippen molar-refractivity contribution in [1.82, 2.24) is 0 Å². The van der Waals surface area contributed by atoms with Gasteiger partial charge >= 0.3 is 0 Å². The van der Waals surface area contributed by atoms with Crippen LogP contribution < -0.4 is 0 Å². The van der Waals surface area contributed by atoms with E-state index >= 15 is 0 Å². The molecule has 14 heavy (non-hydrogen) atoms. The lowest BCUT2D eigenvalue weighted by Gasteiger charge is -2.05. The lowest BCUT2D eigenvalue weighted by atomic mass is 10.1. The number of alkyl halides is 1. The summed E-state index contributed by atoms with van der Waals surface area (Å²) in [7, 11) is 0. The van der Waals surface area contributed by atoms with Gasteiger partial charge in [-0.05, 0) is 21.9 Å². The lowest BCUT2D eigenvalue weighted by Crippen LogP contribution is -1.97. The van der Waals surface area contributed by atoms with Gasteiger partial charge in [-0.25, -0.2) is 4.39 Å². The van der Waals surface area contributed by atoms with Crippen molar-refractivity contribution >= 4 is 10.8 Å². The molecule has 0 aromatic heterocycles. The number of rotatable bonds is 0. The van der Waals surface area contributed by atoms with E-state index in [1.54, 1.807) is 12.1 Å². The molecular weight excluding hydrogens is 179 g/mol. The molecule has 1 aliphatic carbocycles. The van der Waals surface area contributed by atoms with Crippen LogP contribution >= 0.6 is 0 Å². The third kappa shape index (κ3) is 0.814. The third-order valence-electron chi connectivity index (χ3n) is 2.86. The van der Waals surface area contributed by atoms with Gasteiger partial charge in [0.2, 0.25) is 0 Å². The number of hydrogen-bond donors (Lipinski definition) is 1. The molecule has 2 heteroatoms. The Morgan fingerprint density at radius 2 is 1.64 bits per heavy atom. The van der Waals surface area contributed by atoms with Crippen LogP contribution in [0.3, 0.4) is 0 Å². The second kappa shape index (κ2) is 2.55. The van der Waals surface area contributed by atoms with E-state index in [0.717, 1.165) is 10.8 Å². The fourth-order valence-electron chi connectivity index (χ4n) is 2.20. The predicted octanol–water partition coefficient (Wildman–Crippen LogP) is 2.90. The molecule has 0 unspecified atom stereocenters. The molecule has 2 atom stereocenters. The molecule has 70 valence electrons. The van der Waals surface area contributed by atoms with Gasteiger partial charge in [0.15, 0.2) is 6.17 Å². The van der Waals surface area contributed by atoms with Crippen LogP contribution in [0.15, 0.2) is 36.4 Å². The fraction of sp³-hybridized carbons (Fsp3) is 0.167. The average Bonchev–Trinajstić information content (AvgIpc) is 2.47. The van der Waals surface area contributed by atoms with E-state index in [1.165, 1.54) is 0 Å². The zero-order valence-electron chi connectivity index (χ0n) is 7.44. The van der Waals surface area contributed by atoms with Gasteiger partial charge in [0.05, 0.1) is 0 Å². The molecule has 0 aliphatic heterocycles. The molecule has 2 aromatic carbocycles. The van der Waals surface area contributed by atoms with Gasteiger partial charge in [-0.2, -0.15) is 0 Å². The lowest BCUT2D eigenvalue weighted by molar-refractivity contribution is 0.0862. The number of halogens is 1. The molecule has 0 radical (unpaired) electrons. The van der Waals surface area contributed by atoms with Crippen LogP contribution in [-0.2, 0) is 0 Å². The Balaban J connectivity index is 2.49. The van der Waals surface area contributed by atoms with E-state index in [0.29, 0.717) is 11.1 Å². The quantitative estimate of drug-likeness (QED) is 0.674. The maximum Gasteiger partial charge on any atom is 0.156 e. The Hall–Kier alpha value is -1.41. The molecule has 1 aliphatic rings. The standard InChI is InChI=1S/C12H9FO/c13-11-8-5-1-3-7-4-2-6-9(10(7)8)12(11)14/h1-6,11-12,14H/t11-,12-/m1/s1. The van der Waals surface area contributed by atoms with Gasteiger partial charge in [-0.15, -0.1) is 0 Å². The van der Waals surface area contributed by atoms with Gasteiger partial charge in [-0.1, -0.05) is 36.4 Å². The summed E-state index contributed by atoms with van der Waals surface area (Å²) >= 11 is 0. The highest BCUT2D eigenvalue weighted by molar-refractivity contribution is 5.91. The SMILES string of the molecule is O[C@@H]1c2cccc3cccc(c23)[C@H]1F. The number of aliphatic hydroxyl groups is 1. The Morgan fingerprint density at radius 3 is 2.36 bits per heavy atom. The predicted molar refractivity (Wildman–Crippen MR) is 52.8 cm³/mol. The van der Waals surface area contributed by atoms with Crippen LogP contribution in [0.5, 0.6) is 0 Å². The van der Waals surface area contributed by atoms with Crippen molar-refractivity contribution in [1.29, 1.82) is 0 Å². The molecule has 1 N–H and O–H groups in total. The summed E-state index contributed by atoms with van der Waals surface area (Å²) in [5, 5.41) is 11.5. The van der Waals surface area contributed by atoms with Gasteiger partial charge in [-0.3, -0.25) is 0 Å². The second-order valence-corrected chi connectivity index (χ2v) is 3.64. The molecule has 0 saturated carbocycles. The second-order valence-electron chi connectivity index (χ2n) is 3.64. The highest BCUT2D eigenvalue weighted by Gasteiger charge is 2.32. The summed E-state index contributed by atoms with van der Waals surface area (Å²) < 4.78 is 13.6. The van der Waals surface area contributed by atoms with Crippen molar-refractivity contribution in [2.24, 2.45) is 0 Å². The maximum absolute atomic E-state index is 13.6. The number of aliphatic hydroxyl groups excluding tert-OH is 1. The first kappa shape index (κ1) is 7.94. The van der Waals surface area contributed by atoms with E-state index in [-0.39, 0.29) is 0 Å². The summed E-state index contributed by atoms with van der Waals surface area (Å²) in [5.41, 5.74) is 1.33. The summed E-state index contributed by atoms with van der Waals surface area (Å²) in [6.07, 6.45) is -2.26. The van der Waals surface area contributed by atoms with Crippen LogP contribution in [0.25, 0.3) is 10.8 Å². The topological polar surface area (TPSA) is 20.2 Å². The maximum atomic E-state index is 13.6. The first-order valence-electron chi connectivity index (χ1n) is 4.63. The Bertz CT molecular complexity index is 464. The minimum Gasteiger partial charge on any atom is -0.385 e. The van der Waals surface area contributed by atoms with E-state index < -0.39 is 12.3 Å². The van der Waals surface area contributed by atoms with Crippen LogP contribution in [0.2, 0.25) is 0 Å². The monoisotopic (exact) mass is 188 g/mol. The molecule has 0 bridgehead atoms. The number of hydrogen-bond acceptors (Lipinski definition) is 1. The zero-order valence-corrected chi connectivity index (χ0v) is 7.44. The summed E-state index contributed by atoms with van der Waals surface area (Å²) in [5.74, 6) is 0. The van der Waals surface area contributed by atoms with Gasteiger partial charge < -0.3 is 5.11 Å². The normalized spacial score (nSPS) is 24.4. The number of benzene rings is 2. The van der Waals surface area contributed by atoms with Crippen molar-refractivity contribution in [3.8, 4) is 0 Å². The summed E-state index contributed by atoms with van der Waals surface area (Å²) in [4.78, 5) is 0. The largest absolute Gasteiger partial charge is 0.385 e. The Morgan fingerprint density at radius 1 is 1.00 bits per heavy atom. The smallest absolute Gasteiger partial charge is 0.156 e. The summed E-state index contributed by atoms with van der Waals surface area (Å²) in [6, 6.07) is 11.1. The molecule has 1 nitrogen and oxygen atoms in total. The van der Waals surface area contributed by atoms with Crippen molar-refractivity contribution in [2.75, 3.05) is 0 Å². The first-order valence-corrected chi connectivity index (χ1v) is 4.63. The van der Waals surface area contributed by atoms with Crippen molar-refractivity contribution in [3.63, 3.8) is 0 Å². The van der Waals surface area contributed by atoms with Crippen LogP contribution in [-0.4, -0.2) is 5.11 Å². The van der Waals surface area contributed by atoms with E-state index in [4.69, 9.17) is 0 Å². The van der Waals surface area contributed by atoms with Crippen molar-refractivity contribution < 1.29 is 9.50 Å². The Kier molecular flexibility index (Phi) is 1.45. The highest BCUT2D eigenvalue weighted by atomic mass is 19.1. The van der Waals surface area contributed by atoms with Gasteiger partial charge in [0, 0.05) is 0 Å².